The van der Waals surface area contributed by atoms with Crippen molar-refractivity contribution in [3.8, 4) is 0 Å². The van der Waals surface area contributed by atoms with Crippen molar-refractivity contribution in [1.82, 2.24) is 15.5 Å². The number of urea groups is 1. The van der Waals surface area contributed by atoms with Crippen LogP contribution < -0.4 is 10.6 Å². The standard InChI is InChI=1S/C12H19N3O5/c16-10(13-7-11(17)18)6-14-12(19)15-4-5-20-9-3-1-2-8(9)15/h8-9H,1-7H2,(H,13,16)(H,14,19)(H,17,18). The number of hydrogen-bond donors (Lipinski definition) is 3. The van der Waals surface area contributed by atoms with Crippen molar-refractivity contribution in [2.24, 2.45) is 0 Å². The van der Waals surface area contributed by atoms with Gasteiger partial charge in [0.25, 0.3) is 0 Å². The van der Waals surface area contributed by atoms with Crippen LogP contribution in [0.15, 0.2) is 0 Å². The number of amides is 3. The van der Waals surface area contributed by atoms with E-state index in [2.05, 4.69) is 10.6 Å². The predicted molar refractivity (Wildman–Crippen MR) is 68.1 cm³/mol. The molecule has 8 nitrogen and oxygen atoms in total. The summed E-state index contributed by atoms with van der Waals surface area (Å²) in [7, 11) is 0. The molecule has 1 aliphatic carbocycles. The first-order valence-electron chi connectivity index (χ1n) is 6.72. The summed E-state index contributed by atoms with van der Waals surface area (Å²) in [6, 6.07) is -0.207. The smallest absolute Gasteiger partial charge is 0.322 e. The van der Waals surface area contributed by atoms with Gasteiger partial charge < -0.3 is 25.4 Å². The van der Waals surface area contributed by atoms with Crippen molar-refractivity contribution < 1.29 is 24.2 Å². The average Bonchev–Trinajstić information content (AvgIpc) is 2.90. The Labute approximate surface area is 116 Å². The summed E-state index contributed by atoms with van der Waals surface area (Å²) in [5.41, 5.74) is 0. The molecule has 1 saturated carbocycles. The van der Waals surface area contributed by atoms with E-state index in [-0.39, 0.29) is 24.7 Å². The highest BCUT2D eigenvalue weighted by Gasteiger charge is 2.38. The molecule has 1 saturated heterocycles. The quantitative estimate of drug-likeness (QED) is 0.623. The third-order valence-corrected chi connectivity index (χ3v) is 3.58. The van der Waals surface area contributed by atoms with E-state index in [9.17, 15) is 14.4 Å². The summed E-state index contributed by atoms with van der Waals surface area (Å²) in [5, 5.41) is 13.1. The topological polar surface area (TPSA) is 108 Å². The van der Waals surface area contributed by atoms with Gasteiger partial charge in [-0.05, 0) is 19.3 Å². The first kappa shape index (κ1) is 14.6. The van der Waals surface area contributed by atoms with Crippen LogP contribution in [0.4, 0.5) is 4.79 Å². The van der Waals surface area contributed by atoms with Gasteiger partial charge in [0.1, 0.15) is 6.54 Å². The molecule has 2 aliphatic rings. The van der Waals surface area contributed by atoms with Crippen LogP contribution in [0.2, 0.25) is 0 Å². The number of hydrogen-bond acceptors (Lipinski definition) is 4. The van der Waals surface area contributed by atoms with Crippen molar-refractivity contribution in [2.45, 2.75) is 31.4 Å². The molecule has 0 aromatic rings. The van der Waals surface area contributed by atoms with Gasteiger partial charge in [0.2, 0.25) is 5.91 Å². The van der Waals surface area contributed by atoms with Gasteiger partial charge in [-0.15, -0.1) is 0 Å². The van der Waals surface area contributed by atoms with Gasteiger partial charge in [-0.1, -0.05) is 0 Å². The van der Waals surface area contributed by atoms with Crippen LogP contribution in [0.5, 0.6) is 0 Å². The second kappa shape index (κ2) is 6.56. The third kappa shape index (κ3) is 3.60. The molecule has 3 N–H and O–H groups in total. The number of nitrogens with zero attached hydrogens (tertiary/aromatic N) is 1. The molecule has 2 atom stereocenters. The van der Waals surface area contributed by atoms with E-state index in [1.54, 1.807) is 4.90 Å². The van der Waals surface area contributed by atoms with E-state index >= 15 is 0 Å². The molecule has 0 radical (unpaired) electrons. The molecule has 0 spiro atoms. The zero-order valence-electron chi connectivity index (χ0n) is 11.1. The van der Waals surface area contributed by atoms with Crippen molar-refractivity contribution in [3.05, 3.63) is 0 Å². The Hall–Kier alpha value is -1.83. The van der Waals surface area contributed by atoms with Crippen LogP contribution in [0.25, 0.3) is 0 Å². The Morgan fingerprint density at radius 3 is 2.75 bits per heavy atom. The van der Waals surface area contributed by atoms with Gasteiger partial charge in [0.05, 0.1) is 25.3 Å². The molecule has 1 aliphatic heterocycles. The Balaban J connectivity index is 1.76. The minimum Gasteiger partial charge on any atom is -0.480 e. The number of nitrogens with one attached hydrogen (secondary N) is 2. The van der Waals surface area contributed by atoms with E-state index in [1.165, 1.54) is 0 Å². The van der Waals surface area contributed by atoms with E-state index in [0.29, 0.717) is 13.2 Å². The summed E-state index contributed by atoms with van der Waals surface area (Å²) in [4.78, 5) is 35.4. The maximum absolute atomic E-state index is 12.0. The summed E-state index contributed by atoms with van der Waals surface area (Å²) >= 11 is 0. The number of rotatable bonds is 4. The Bertz CT molecular complexity index is 401. The van der Waals surface area contributed by atoms with Crippen LogP contribution in [-0.4, -0.2) is 66.3 Å². The van der Waals surface area contributed by atoms with Gasteiger partial charge >= 0.3 is 12.0 Å². The maximum Gasteiger partial charge on any atom is 0.322 e. The van der Waals surface area contributed by atoms with E-state index in [0.717, 1.165) is 19.3 Å². The Morgan fingerprint density at radius 1 is 1.20 bits per heavy atom. The van der Waals surface area contributed by atoms with Crippen LogP contribution >= 0.6 is 0 Å². The zero-order chi connectivity index (χ0) is 14.5. The largest absolute Gasteiger partial charge is 0.480 e. The van der Waals surface area contributed by atoms with Crippen LogP contribution in [0.3, 0.4) is 0 Å². The summed E-state index contributed by atoms with van der Waals surface area (Å²) in [6.45, 7) is 0.362. The molecule has 3 amide bonds. The molecule has 112 valence electrons. The summed E-state index contributed by atoms with van der Waals surface area (Å²) < 4.78 is 5.61. The number of ether oxygens (including phenoxy) is 1. The fourth-order valence-corrected chi connectivity index (χ4v) is 2.67. The number of aliphatic carboxylic acids is 1. The molecule has 1 heterocycles. The minimum absolute atomic E-state index is 0.0887. The van der Waals surface area contributed by atoms with Crippen molar-refractivity contribution in [3.63, 3.8) is 0 Å². The lowest BCUT2D eigenvalue weighted by atomic mass is 10.1. The molecule has 8 heteroatoms. The highest BCUT2D eigenvalue weighted by molar-refractivity contribution is 5.86. The van der Waals surface area contributed by atoms with Gasteiger partial charge in [-0.25, -0.2) is 4.79 Å². The SMILES string of the molecule is O=C(O)CNC(=O)CNC(=O)N1CCOC2CCCC21. The summed E-state index contributed by atoms with van der Waals surface area (Å²) in [5.74, 6) is -1.64. The molecule has 2 fully saturated rings. The molecular formula is C12H19N3O5. The summed E-state index contributed by atoms with van der Waals surface area (Å²) in [6.07, 6.45) is 3.03. The van der Waals surface area contributed by atoms with Crippen molar-refractivity contribution >= 4 is 17.9 Å². The van der Waals surface area contributed by atoms with Gasteiger partial charge in [-0.3, -0.25) is 9.59 Å². The van der Waals surface area contributed by atoms with Gasteiger partial charge in [-0.2, -0.15) is 0 Å². The zero-order valence-corrected chi connectivity index (χ0v) is 11.1. The monoisotopic (exact) mass is 285 g/mol. The van der Waals surface area contributed by atoms with E-state index in [1.807, 2.05) is 0 Å². The Morgan fingerprint density at radius 2 is 2.00 bits per heavy atom. The number of carboxylic acid groups (broad SMARTS) is 1. The van der Waals surface area contributed by atoms with Crippen molar-refractivity contribution in [1.29, 1.82) is 0 Å². The molecule has 2 rings (SSSR count). The first-order valence-corrected chi connectivity index (χ1v) is 6.72. The lowest BCUT2D eigenvalue weighted by molar-refractivity contribution is -0.137. The van der Waals surface area contributed by atoms with Crippen molar-refractivity contribution in [2.75, 3.05) is 26.2 Å². The lowest BCUT2D eigenvalue weighted by Gasteiger charge is -2.37. The molecule has 0 aromatic carbocycles. The average molecular weight is 285 g/mol. The fraction of sp³-hybridized carbons (Fsp3) is 0.750. The van der Waals surface area contributed by atoms with Crippen LogP contribution in [-0.2, 0) is 14.3 Å². The maximum atomic E-state index is 12.0. The highest BCUT2D eigenvalue weighted by atomic mass is 16.5. The normalized spacial score (nSPS) is 24.9. The number of morpholine rings is 1. The molecule has 0 aromatic heterocycles. The van der Waals surface area contributed by atoms with Gasteiger partial charge in [0.15, 0.2) is 0 Å². The second-order valence-corrected chi connectivity index (χ2v) is 4.93. The third-order valence-electron chi connectivity index (χ3n) is 3.58. The number of fused-ring (bicyclic) bond motifs is 1. The van der Waals surface area contributed by atoms with E-state index in [4.69, 9.17) is 9.84 Å². The van der Waals surface area contributed by atoms with Crippen LogP contribution in [0.1, 0.15) is 19.3 Å². The molecule has 2 unspecified atom stereocenters. The molecule has 20 heavy (non-hydrogen) atoms. The predicted octanol–water partition coefficient (Wildman–Crippen LogP) is -0.850. The fourth-order valence-electron chi connectivity index (χ4n) is 2.67. The number of carbonyl (C=O) groups is 3. The van der Waals surface area contributed by atoms with Crippen LogP contribution in [0, 0.1) is 0 Å². The van der Waals surface area contributed by atoms with E-state index < -0.39 is 18.4 Å². The molecule has 0 bridgehead atoms. The number of carboxylic acids is 1. The first-order chi connectivity index (χ1) is 9.58. The van der Waals surface area contributed by atoms with Gasteiger partial charge in [0, 0.05) is 6.54 Å². The number of carbonyl (C=O) groups excluding carboxylic acids is 2. The molecular weight excluding hydrogens is 266 g/mol. The Kier molecular flexibility index (Phi) is 4.78. The highest BCUT2D eigenvalue weighted by Crippen LogP contribution is 2.29. The minimum atomic E-state index is -1.12. The second-order valence-electron chi connectivity index (χ2n) is 4.93. The lowest BCUT2D eigenvalue weighted by Crippen LogP contribution is -2.55.